The fraction of sp³-hybridized carbons (Fsp3) is 0.500. The first-order chi connectivity index (χ1) is 7.54. The van der Waals surface area contributed by atoms with Crippen LogP contribution in [0.25, 0.3) is 0 Å². The van der Waals surface area contributed by atoms with E-state index >= 15 is 0 Å². The van der Waals surface area contributed by atoms with Crippen molar-refractivity contribution in [2.24, 2.45) is 5.73 Å². The number of benzene rings is 1. The second-order valence-corrected chi connectivity index (χ2v) is 3.98. The number of rotatable bonds is 5. The summed E-state index contributed by atoms with van der Waals surface area (Å²) >= 11 is 0. The van der Waals surface area contributed by atoms with E-state index in [2.05, 4.69) is 0 Å². The van der Waals surface area contributed by atoms with E-state index in [1.807, 2.05) is 13.8 Å². The third-order valence-corrected chi connectivity index (χ3v) is 2.19. The summed E-state index contributed by atoms with van der Waals surface area (Å²) in [6.45, 7) is 3.67. The van der Waals surface area contributed by atoms with Gasteiger partial charge in [-0.15, -0.1) is 0 Å². The first kappa shape index (κ1) is 12.9. The van der Waals surface area contributed by atoms with E-state index in [9.17, 15) is 4.39 Å². The Bertz CT molecular complexity index is 342. The van der Waals surface area contributed by atoms with E-state index in [0.717, 1.165) is 0 Å². The van der Waals surface area contributed by atoms with Crippen LogP contribution in [-0.2, 0) is 0 Å². The van der Waals surface area contributed by atoms with Gasteiger partial charge in [0.2, 0.25) is 0 Å². The zero-order chi connectivity index (χ0) is 12.1. The maximum Gasteiger partial charge on any atom is 0.165 e. The van der Waals surface area contributed by atoms with Gasteiger partial charge in [0.1, 0.15) is 0 Å². The second-order valence-electron chi connectivity index (χ2n) is 3.98. The molecule has 1 aromatic carbocycles. The van der Waals surface area contributed by atoms with Crippen LogP contribution in [0.15, 0.2) is 18.2 Å². The predicted molar refractivity (Wildman–Crippen MR) is 60.8 cm³/mol. The normalized spacial score (nSPS) is 12.9. The van der Waals surface area contributed by atoms with Crippen molar-refractivity contribution in [3.05, 3.63) is 29.6 Å². The lowest BCUT2D eigenvalue weighted by atomic mass is 10.0. The zero-order valence-corrected chi connectivity index (χ0v) is 9.61. The van der Waals surface area contributed by atoms with Gasteiger partial charge in [0, 0.05) is 12.6 Å². The quantitative estimate of drug-likeness (QED) is 0.808. The number of aliphatic hydroxyl groups excluding tert-OH is 1. The summed E-state index contributed by atoms with van der Waals surface area (Å²) in [6, 6.07) is 4.31. The van der Waals surface area contributed by atoms with Crippen LogP contribution < -0.4 is 10.5 Å². The highest BCUT2D eigenvalue weighted by Crippen LogP contribution is 2.23. The monoisotopic (exact) mass is 227 g/mol. The van der Waals surface area contributed by atoms with Gasteiger partial charge >= 0.3 is 0 Å². The van der Waals surface area contributed by atoms with Crippen molar-refractivity contribution in [1.29, 1.82) is 0 Å². The highest BCUT2D eigenvalue weighted by molar-refractivity contribution is 5.31. The fourth-order valence-corrected chi connectivity index (χ4v) is 1.40. The van der Waals surface area contributed by atoms with Crippen LogP contribution in [0.3, 0.4) is 0 Å². The maximum atomic E-state index is 13.6. The van der Waals surface area contributed by atoms with Crippen molar-refractivity contribution < 1.29 is 14.2 Å². The lowest BCUT2D eigenvalue weighted by Crippen LogP contribution is -2.13. The van der Waals surface area contributed by atoms with Gasteiger partial charge in [-0.05, 0) is 38.0 Å². The Hall–Kier alpha value is -1.13. The Balaban J connectivity index is 2.82. The minimum atomic E-state index is -0.417. The molecule has 0 saturated carbocycles. The molecule has 0 radical (unpaired) electrons. The molecule has 3 N–H and O–H groups in total. The van der Waals surface area contributed by atoms with E-state index in [0.29, 0.717) is 12.0 Å². The SMILES string of the molecule is CC(C)Oc1ccc(C(N)CCO)cc1F. The van der Waals surface area contributed by atoms with E-state index in [-0.39, 0.29) is 24.5 Å². The molecule has 0 saturated heterocycles. The van der Waals surface area contributed by atoms with Gasteiger partial charge in [-0.25, -0.2) is 4.39 Å². The molecule has 0 aliphatic carbocycles. The van der Waals surface area contributed by atoms with Gasteiger partial charge in [-0.1, -0.05) is 6.07 Å². The molecule has 3 nitrogen and oxygen atoms in total. The molecule has 16 heavy (non-hydrogen) atoms. The van der Waals surface area contributed by atoms with Crippen LogP contribution >= 0.6 is 0 Å². The molecule has 1 rings (SSSR count). The largest absolute Gasteiger partial charge is 0.488 e. The van der Waals surface area contributed by atoms with E-state index in [4.69, 9.17) is 15.6 Å². The Morgan fingerprint density at radius 3 is 2.62 bits per heavy atom. The number of hydrogen-bond donors (Lipinski definition) is 2. The summed E-state index contributed by atoms with van der Waals surface area (Å²) in [6.07, 6.45) is 0.357. The lowest BCUT2D eigenvalue weighted by Gasteiger charge is -2.14. The second kappa shape index (κ2) is 5.82. The summed E-state index contributed by atoms with van der Waals surface area (Å²) < 4.78 is 18.8. The van der Waals surface area contributed by atoms with Gasteiger partial charge in [0.05, 0.1) is 6.10 Å². The molecular weight excluding hydrogens is 209 g/mol. The summed E-state index contributed by atoms with van der Waals surface area (Å²) in [5.41, 5.74) is 6.43. The number of nitrogens with two attached hydrogens (primary N) is 1. The molecule has 1 atom stereocenters. The van der Waals surface area contributed by atoms with Crippen LogP contribution in [0.5, 0.6) is 5.75 Å². The molecule has 0 bridgehead atoms. The Morgan fingerprint density at radius 2 is 2.12 bits per heavy atom. The van der Waals surface area contributed by atoms with Gasteiger partial charge in [0.15, 0.2) is 11.6 Å². The van der Waals surface area contributed by atoms with Crippen molar-refractivity contribution in [2.45, 2.75) is 32.4 Å². The minimum absolute atomic E-state index is 0.00691. The summed E-state index contributed by atoms with van der Waals surface area (Å²) in [5.74, 6) is -0.186. The molecule has 1 aromatic rings. The van der Waals surface area contributed by atoms with Gasteiger partial charge in [-0.2, -0.15) is 0 Å². The predicted octanol–water partition coefficient (Wildman–Crippen LogP) is 2.00. The Labute approximate surface area is 95.0 Å². The molecule has 0 amide bonds. The van der Waals surface area contributed by atoms with Crippen LogP contribution in [0.4, 0.5) is 4.39 Å². The molecule has 0 aliphatic rings. The highest BCUT2D eigenvalue weighted by Gasteiger charge is 2.10. The summed E-state index contributed by atoms with van der Waals surface area (Å²) in [5, 5.41) is 8.74. The van der Waals surface area contributed by atoms with Crippen LogP contribution in [0.2, 0.25) is 0 Å². The molecule has 0 aromatic heterocycles. The van der Waals surface area contributed by atoms with Crippen LogP contribution in [-0.4, -0.2) is 17.8 Å². The molecule has 0 fully saturated rings. The molecule has 1 unspecified atom stereocenters. The van der Waals surface area contributed by atoms with Crippen LogP contribution in [0.1, 0.15) is 31.9 Å². The molecule has 0 aliphatic heterocycles. The fourth-order valence-electron chi connectivity index (χ4n) is 1.40. The number of halogens is 1. The molecule has 90 valence electrons. The first-order valence-corrected chi connectivity index (χ1v) is 5.37. The van der Waals surface area contributed by atoms with Crippen LogP contribution in [0, 0.1) is 5.82 Å². The van der Waals surface area contributed by atoms with Crippen molar-refractivity contribution in [2.75, 3.05) is 6.61 Å². The summed E-state index contributed by atoms with van der Waals surface area (Å²) in [4.78, 5) is 0. The molecule has 0 heterocycles. The van der Waals surface area contributed by atoms with Crippen molar-refractivity contribution >= 4 is 0 Å². The topological polar surface area (TPSA) is 55.5 Å². The van der Waals surface area contributed by atoms with Crippen molar-refractivity contribution in [3.63, 3.8) is 0 Å². The maximum absolute atomic E-state index is 13.6. The summed E-state index contributed by atoms with van der Waals surface area (Å²) in [7, 11) is 0. The third kappa shape index (κ3) is 3.47. The molecular formula is C12H18FNO2. The molecule has 0 spiro atoms. The van der Waals surface area contributed by atoms with Gasteiger partial charge < -0.3 is 15.6 Å². The minimum Gasteiger partial charge on any atom is -0.488 e. The first-order valence-electron chi connectivity index (χ1n) is 5.37. The van der Waals surface area contributed by atoms with Gasteiger partial charge in [-0.3, -0.25) is 0 Å². The van der Waals surface area contributed by atoms with Crippen molar-refractivity contribution in [3.8, 4) is 5.75 Å². The van der Waals surface area contributed by atoms with E-state index < -0.39 is 5.82 Å². The number of aliphatic hydroxyl groups is 1. The zero-order valence-electron chi connectivity index (χ0n) is 9.61. The number of hydrogen-bond acceptors (Lipinski definition) is 3. The number of ether oxygens (including phenoxy) is 1. The highest BCUT2D eigenvalue weighted by atomic mass is 19.1. The van der Waals surface area contributed by atoms with Gasteiger partial charge in [0.25, 0.3) is 0 Å². The van der Waals surface area contributed by atoms with E-state index in [1.54, 1.807) is 12.1 Å². The average molecular weight is 227 g/mol. The third-order valence-electron chi connectivity index (χ3n) is 2.19. The lowest BCUT2D eigenvalue weighted by molar-refractivity contribution is 0.231. The molecule has 4 heteroatoms. The average Bonchev–Trinajstić information content (AvgIpc) is 2.20. The Kier molecular flexibility index (Phi) is 4.71. The standard InChI is InChI=1S/C12H18FNO2/c1-8(2)16-12-4-3-9(7-10(12)13)11(14)5-6-15/h3-4,7-8,11,15H,5-6,14H2,1-2H3. The Morgan fingerprint density at radius 1 is 1.44 bits per heavy atom. The van der Waals surface area contributed by atoms with Crippen molar-refractivity contribution in [1.82, 2.24) is 0 Å². The smallest absolute Gasteiger partial charge is 0.165 e. The van der Waals surface area contributed by atoms with E-state index in [1.165, 1.54) is 6.07 Å².